The zero-order valence-electron chi connectivity index (χ0n) is 15.2. The Morgan fingerprint density at radius 2 is 1.96 bits per heavy atom. The molecular formula is C17H35IN4O. The molecule has 6 heteroatoms. The molecule has 2 aliphatic rings. The van der Waals surface area contributed by atoms with E-state index >= 15 is 0 Å². The highest BCUT2D eigenvalue weighted by atomic mass is 127. The van der Waals surface area contributed by atoms with E-state index in [1.807, 2.05) is 0 Å². The standard InChI is InChI=1S/C17H34N4O.HI/c1-5-7-14-12-15(14)20-16(18-6-2)19-13-17(3,4)21-8-10-22-11-9-21;/h14-15H,5-13H2,1-4H3,(H2,18,19,20);1H. The number of nitrogens with one attached hydrogen (secondary N) is 2. The summed E-state index contributed by atoms with van der Waals surface area (Å²) in [5.41, 5.74) is 0.0818. The SMILES string of the molecule is CCCC1CC1NC(=NCC(C)(C)N1CCOCC1)NCC.I. The topological polar surface area (TPSA) is 48.9 Å². The van der Waals surface area contributed by atoms with Crippen LogP contribution in [0.1, 0.15) is 47.0 Å². The third kappa shape index (κ3) is 6.74. The molecule has 2 rings (SSSR count). The van der Waals surface area contributed by atoms with Crippen LogP contribution in [0.3, 0.4) is 0 Å². The van der Waals surface area contributed by atoms with Gasteiger partial charge < -0.3 is 15.4 Å². The Labute approximate surface area is 159 Å². The van der Waals surface area contributed by atoms with Crippen molar-refractivity contribution in [1.29, 1.82) is 0 Å². The lowest BCUT2D eigenvalue weighted by Crippen LogP contribution is -2.52. The van der Waals surface area contributed by atoms with Gasteiger partial charge in [0.1, 0.15) is 0 Å². The number of hydrogen-bond donors (Lipinski definition) is 2. The van der Waals surface area contributed by atoms with Gasteiger partial charge in [0.2, 0.25) is 0 Å². The summed E-state index contributed by atoms with van der Waals surface area (Å²) in [6.45, 7) is 14.4. The molecule has 1 saturated carbocycles. The number of ether oxygens (including phenoxy) is 1. The highest BCUT2D eigenvalue weighted by Crippen LogP contribution is 2.34. The third-order valence-electron chi connectivity index (χ3n) is 4.74. The van der Waals surface area contributed by atoms with Crippen LogP contribution >= 0.6 is 24.0 Å². The maximum atomic E-state index is 5.45. The van der Waals surface area contributed by atoms with Crippen molar-refractivity contribution in [2.24, 2.45) is 10.9 Å². The van der Waals surface area contributed by atoms with Crippen molar-refractivity contribution < 1.29 is 4.74 Å². The van der Waals surface area contributed by atoms with E-state index in [0.29, 0.717) is 6.04 Å². The molecule has 0 aromatic heterocycles. The fraction of sp³-hybridized carbons (Fsp3) is 0.941. The zero-order chi connectivity index (χ0) is 16.0. The van der Waals surface area contributed by atoms with Crippen LogP contribution in [0.15, 0.2) is 4.99 Å². The van der Waals surface area contributed by atoms with E-state index in [0.717, 1.165) is 51.3 Å². The van der Waals surface area contributed by atoms with Gasteiger partial charge in [-0.25, -0.2) is 0 Å². The first kappa shape index (κ1) is 21.0. The van der Waals surface area contributed by atoms with Crippen LogP contribution < -0.4 is 10.6 Å². The summed E-state index contributed by atoms with van der Waals surface area (Å²) in [5, 5.41) is 6.99. The van der Waals surface area contributed by atoms with Crippen molar-refractivity contribution in [3.8, 4) is 0 Å². The zero-order valence-corrected chi connectivity index (χ0v) is 17.6. The first-order chi connectivity index (χ1) is 10.6. The molecule has 2 N–H and O–H groups in total. The first-order valence-electron chi connectivity index (χ1n) is 8.94. The van der Waals surface area contributed by atoms with Crippen LogP contribution in [0.5, 0.6) is 0 Å². The highest BCUT2D eigenvalue weighted by molar-refractivity contribution is 14.0. The molecule has 23 heavy (non-hydrogen) atoms. The van der Waals surface area contributed by atoms with Gasteiger partial charge in [-0.15, -0.1) is 24.0 Å². The summed E-state index contributed by atoms with van der Waals surface area (Å²) in [6, 6.07) is 0.629. The van der Waals surface area contributed by atoms with Crippen molar-refractivity contribution in [3.63, 3.8) is 0 Å². The monoisotopic (exact) mass is 438 g/mol. The van der Waals surface area contributed by atoms with Crippen LogP contribution in [0, 0.1) is 5.92 Å². The minimum Gasteiger partial charge on any atom is -0.379 e. The number of halogens is 1. The van der Waals surface area contributed by atoms with Crippen molar-refractivity contribution >= 4 is 29.9 Å². The summed E-state index contributed by atoms with van der Waals surface area (Å²) in [6.07, 6.45) is 3.90. The normalized spacial score (nSPS) is 25.7. The molecule has 0 bridgehead atoms. The van der Waals surface area contributed by atoms with Crippen LogP contribution in [-0.4, -0.2) is 61.8 Å². The number of nitrogens with zero attached hydrogens (tertiary/aromatic N) is 2. The molecule has 1 aliphatic heterocycles. The molecular weight excluding hydrogens is 403 g/mol. The first-order valence-corrected chi connectivity index (χ1v) is 8.94. The van der Waals surface area contributed by atoms with Gasteiger partial charge in [-0.3, -0.25) is 9.89 Å². The predicted molar refractivity (Wildman–Crippen MR) is 108 cm³/mol. The lowest BCUT2D eigenvalue weighted by atomic mass is 10.0. The Morgan fingerprint density at radius 3 is 2.57 bits per heavy atom. The molecule has 0 amide bonds. The number of morpholine rings is 1. The fourth-order valence-corrected chi connectivity index (χ4v) is 3.15. The fourth-order valence-electron chi connectivity index (χ4n) is 3.15. The second-order valence-electron chi connectivity index (χ2n) is 7.14. The van der Waals surface area contributed by atoms with Crippen molar-refractivity contribution in [2.75, 3.05) is 39.4 Å². The van der Waals surface area contributed by atoms with Gasteiger partial charge in [-0.1, -0.05) is 13.3 Å². The van der Waals surface area contributed by atoms with Gasteiger partial charge in [0.15, 0.2) is 5.96 Å². The summed E-state index contributed by atoms with van der Waals surface area (Å²) in [4.78, 5) is 7.33. The maximum Gasteiger partial charge on any atom is 0.191 e. The minimum absolute atomic E-state index is 0. The van der Waals surface area contributed by atoms with Gasteiger partial charge >= 0.3 is 0 Å². The average molecular weight is 438 g/mol. The van der Waals surface area contributed by atoms with Crippen molar-refractivity contribution in [1.82, 2.24) is 15.5 Å². The molecule has 1 aliphatic carbocycles. The summed E-state index contributed by atoms with van der Waals surface area (Å²) >= 11 is 0. The van der Waals surface area contributed by atoms with E-state index in [2.05, 4.69) is 43.2 Å². The Morgan fingerprint density at radius 1 is 1.26 bits per heavy atom. The number of rotatable bonds is 7. The molecule has 5 nitrogen and oxygen atoms in total. The van der Waals surface area contributed by atoms with Crippen molar-refractivity contribution in [3.05, 3.63) is 0 Å². The van der Waals surface area contributed by atoms with E-state index < -0.39 is 0 Å². The van der Waals surface area contributed by atoms with Crippen LogP contribution in [0.25, 0.3) is 0 Å². The second kappa shape index (κ2) is 10.0. The number of hydrogen-bond acceptors (Lipinski definition) is 3. The molecule has 1 saturated heterocycles. The van der Waals surface area contributed by atoms with Crippen molar-refractivity contribution in [2.45, 2.75) is 58.5 Å². The lowest BCUT2D eigenvalue weighted by molar-refractivity contribution is -0.00683. The van der Waals surface area contributed by atoms with Gasteiger partial charge in [0.05, 0.1) is 19.8 Å². The Kier molecular flexibility index (Phi) is 9.15. The summed E-state index contributed by atoms with van der Waals surface area (Å²) in [7, 11) is 0. The van der Waals surface area contributed by atoms with Gasteiger partial charge in [0.25, 0.3) is 0 Å². The predicted octanol–water partition coefficient (Wildman–Crippen LogP) is 2.46. The van der Waals surface area contributed by atoms with E-state index in [9.17, 15) is 0 Å². The molecule has 0 radical (unpaired) electrons. The third-order valence-corrected chi connectivity index (χ3v) is 4.74. The number of guanidine groups is 1. The maximum absolute atomic E-state index is 5.45. The van der Waals surface area contributed by atoms with E-state index in [4.69, 9.17) is 9.73 Å². The summed E-state index contributed by atoms with van der Waals surface area (Å²) in [5.74, 6) is 1.83. The van der Waals surface area contributed by atoms with Crippen LogP contribution in [-0.2, 0) is 4.74 Å². The van der Waals surface area contributed by atoms with Crippen LogP contribution in [0.4, 0.5) is 0 Å². The quantitative estimate of drug-likeness (QED) is 0.364. The largest absolute Gasteiger partial charge is 0.379 e. The molecule has 0 spiro atoms. The Balaban J connectivity index is 0.00000264. The molecule has 0 aromatic carbocycles. The molecule has 136 valence electrons. The average Bonchev–Trinajstić information content (AvgIpc) is 3.24. The highest BCUT2D eigenvalue weighted by Gasteiger charge is 2.36. The second-order valence-corrected chi connectivity index (χ2v) is 7.14. The van der Waals surface area contributed by atoms with Gasteiger partial charge in [-0.2, -0.15) is 0 Å². The van der Waals surface area contributed by atoms with E-state index in [1.54, 1.807) is 0 Å². The molecule has 2 fully saturated rings. The molecule has 1 heterocycles. The van der Waals surface area contributed by atoms with E-state index in [1.165, 1.54) is 19.3 Å². The Bertz CT molecular complexity index is 370. The molecule has 2 atom stereocenters. The molecule has 2 unspecified atom stereocenters. The Hall–Kier alpha value is -0.0800. The number of aliphatic imine (C=N–C) groups is 1. The van der Waals surface area contributed by atoms with Gasteiger partial charge in [-0.05, 0) is 39.5 Å². The van der Waals surface area contributed by atoms with Gasteiger partial charge in [0, 0.05) is 31.2 Å². The molecule has 0 aromatic rings. The smallest absolute Gasteiger partial charge is 0.191 e. The summed E-state index contributed by atoms with van der Waals surface area (Å²) < 4.78 is 5.45. The van der Waals surface area contributed by atoms with E-state index in [-0.39, 0.29) is 29.5 Å². The lowest BCUT2D eigenvalue weighted by Gasteiger charge is -2.39. The minimum atomic E-state index is 0. The van der Waals surface area contributed by atoms with Crippen LogP contribution in [0.2, 0.25) is 0 Å².